The van der Waals surface area contributed by atoms with E-state index in [1.807, 2.05) is 0 Å². The maximum Gasteiger partial charge on any atom is 0.407 e. The van der Waals surface area contributed by atoms with Crippen molar-refractivity contribution < 1.29 is 24.2 Å². The summed E-state index contributed by atoms with van der Waals surface area (Å²) in [6.45, 7) is 6.40. The molecule has 132 valence electrons. The van der Waals surface area contributed by atoms with Gasteiger partial charge in [-0.1, -0.05) is 18.6 Å². The number of carboxylic acid groups (broad SMARTS) is 1. The first-order valence-electron chi connectivity index (χ1n) is 7.80. The number of alkyl carbamates (subject to hydrolysis) is 1. The zero-order valence-corrected chi connectivity index (χ0v) is 14.1. The average Bonchev–Trinajstić information content (AvgIpc) is 2.42. The number of carboxylic acids is 1. The fourth-order valence-corrected chi connectivity index (χ4v) is 1.88. The predicted octanol–water partition coefficient (Wildman–Crippen LogP) is 2.20. The fourth-order valence-electron chi connectivity index (χ4n) is 1.88. The van der Waals surface area contributed by atoms with E-state index in [4.69, 9.17) is 15.6 Å². The van der Waals surface area contributed by atoms with Crippen LogP contribution in [0.5, 0.6) is 0 Å². The van der Waals surface area contributed by atoms with E-state index in [9.17, 15) is 14.4 Å². The fraction of sp³-hybridized carbons (Fsp3) is 0.688. The number of primary amides is 1. The van der Waals surface area contributed by atoms with Crippen molar-refractivity contribution >= 4 is 18.0 Å². The highest BCUT2D eigenvalue weighted by molar-refractivity contribution is 5.81. The van der Waals surface area contributed by atoms with Crippen LogP contribution in [0.15, 0.2) is 11.6 Å². The summed E-state index contributed by atoms with van der Waals surface area (Å²) >= 11 is 0. The van der Waals surface area contributed by atoms with E-state index in [0.717, 1.165) is 12.8 Å². The van der Waals surface area contributed by atoms with Gasteiger partial charge >= 0.3 is 12.1 Å². The number of nitrogens with two attached hydrogens (primary N) is 1. The van der Waals surface area contributed by atoms with Crippen molar-refractivity contribution in [3.63, 3.8) is 0 Å². The summed E-state index contributed by atoms with van der Waals surface area (Å²) in [6, 6.07) is -1.18. The molecule has 0 aliphatic heterocycles. The Morgan fingerprint density at radius 2 is 1.87 bits per heavy atom. The molecule has 7 heteroatoms. The molecule has 0 spiro atoms. The maximum absolute atomic E-state index is 11.6. The van der Waals surface area contributed by atoms with Crippen LogP contribution in [0.2, 0.25) is 0 Å². The number of carbonyl (C=O) groups excluding carboxylic acids is 2. The minimum Gasteiger partial charge on any atom is -0.480 e. The van der Waals surface area contributed by atoms with Gasteiger partial charge in [0.2, 0.25) is 5.91 Å². The second-order valence-electron chi connectivity index (χ2n) is 5.93. The van der Waals surface area contributed by atoms with Crippen LogP contribution in [0.25, 0.3) is 0 Å². The van der Waals surface area contributed by atoms with Gasteiger partial charge in [-0.15, -0.1) is 0 Å². The summed E-state index contributed by atoms with van der Waals surface area (Å²) in [7, 11) is 0. The molecule has 0 aromatic carbocycles. The Morgan fingerprint density at radius 1 is 1.22 bits per heavy atom. The third-order valence-electron chi connectivity index (χ3n) is 3.33. The van der Waals surface area contributed by atoms with Gasteiger partial charge in [0, 0.05) is 6.42 Å². The largest absolute Gasteiger partial charge is 0.480 e. The van der Waals surface area contributed by atoms with Crippen LogP contribution >= 0.6 is 0 Å². The number of ether oxygens (including phenoxy) is 1. The Morgan fingerprint density at radius 3 is 2.39 bits per heavy atom. The summed E-state index contributed by atoms with van der Waals surface area (Å²) in [6.07, 6.45) is 3.91. The second kappa shape index (κ2) is 11.5. The van der Waals surface area contributed by atoms with Crippen LogP contribution in [-0.2, 0) is 14.3 Å². The van der Waals surface area contributed by atoms with Gasteiger partial charge in [-0.2, -0.15) is 0 Å². The Labute approximate surface area is 137 Å². The molecule has 0 rings (SSSR count). The lowest BCUT2D eigenvalue weighted by atomic mass is 10.0. The molecular weight excluding hydrogens is 300 g/mol. The molecular formula is C16H28N2O5. The molecule has 0 heterocycles. The molecule has 0 aromatic rings. The third-order valence-corrected chi connectivity index (χ3v) is 3.33. The SMILES string of the molecule is CC(C)=CCCC(C)CCOC(=O)N[C@@H](CCC(N)=O)C(=O)O. The lowest BCUT2D eigenvalue weighted by molar-refractivity contribution is -0.139. The number of allylic oxidation sites excluding steroid dienone is 2. The summed E-state index contributed by atoms with van der Waals surface area (Å²) in [4.78, 5) is 33.2. The Hall–Kier alpha value is -2.05. The number of carbonyl (C=O) groups is 3. The van der Waals surface area contributed by atoms with Crippen molar-refractivity contribution in [1.29, 1.82) is 0 Å². The molecule has 4 N–H and O–H groups in total. The number of rotatable bonds is 11. The third kappa shape index (κ3) is 12.2. The number of hydrogen-bond donors (Lipinski definition) is 3. The summed E-state index contributed by atoms with van der Waals surface area (Å²) in [5, 5.41) is 11.2. The smallest absolute Gasteiger partial charge is 0.407 e. The van der Waals surface area contributed by atoms with E-state index in [0.29, 0.717) is 12.3 Å². The minimum absolute atomic E-state index is 0.0567. The molecule has 0 saturated carbocycles. The molecule has 23 heavy (non-hydrogen) atoms. The molecule has 0 radical (unpaired) electrons. The monoisotopic (exact) mass is 328 g/mol. The van der Waals surface area contributed by atoms with Crippen LogP contribution in [0.3, 0.4) is 0 Å². The topological polar surface area (TPSA) is 119 Å². The average molecular weight is 328 g/mol. The van der Waals surface area contributed by atoms with Gasteiger partial charge in [0.05, 0.1) is 6.61 Å². The molecule has 2 atom stereocenters. The van der Waals surface area contributed by atoms with Crippen LogP contribution in [-0.4, -0.2) is 35.7 Å². The first-order valence-corrected chi connectivity index (χ1v) is 7.80. The van der Waals surface area contributed by atoms with E-state index in [-0.39, 0.29) is 19.4 Å². The molecule has 1 unspecified atom stereocenters. The van der Waals surface area contributed by atoms with Gasteiger partial charge < -0.3 is 20.9 Å². The second-order valence-corrected chi connectivity index (χ2v) is 5.93. The first kappa shape index (κ1) is 20.9. The normalized spacial score (nSPS) is 12.8. The highest BCUT2D eigenvalue weighted by Crippen LogP contribution is 2.11. The molecule has 0 aliphatic rings. The number of nitrogens with one attached hydrogen (secondary N) is 1. The maximum atomic E-state index is 11.6. The zero-order chi connectivity index (χ0) is 17.8. The van der Waals surface area contributed by atoms with Crippen molar-refractivity contribution in [1.82, 2.24) is 5.32 Å². The van der Waals surface area contributed by atoms with Crippen molar-refractivity contribution in [2.45, 2.75) is 58.9 Å². The van der Waals surface area contributed by atoms with Gasteiger partial charge in [0.15, 0.2) is 0 Å². The molecule has 0 aliphatic carbocycles. The Balaban J connectivity index is 4.01. The Kier molecular flexibility index (Phi) is 10.5. The van der Waals surface area contributed by atoms with Gasteiger partial charge in [-0.3, -0.25) is 4.79 Å². The summed E-state index contributed by atoms with van der Waals surface area (Å²) in [5.41, 5.74) is 6.24. The molecule has 7 nitrogen and oxygen atoms in total. The lowest BCUT2D eigenvalue weighted by Crippen LogP contribution is -2.41. The zero-order valence-electron chi connectivity index (χ0n) is 14.1. The lowest BCUT2D eigenvalue weighted by Gasteiger charge is -2.15. The number of amides is 2. The first-order chi connectivity index (χ1) is 10.7. The van der Waals surface area contributed by atoms with Crippen LogP contribution in [0, 0.1) is 5.92 Å². The highest BCUT2D eigenvalue weighted by Gasteiger charge is 2.21. The number of hydrogen-bond acceptors (Lipinski definition) is 4. The van der Waals surface area contributed by atoms with Crippen LogP contribution < -0.4 is 11.1 Å². The molecule has 0 bridgehead atoms. The highest BCUT2D eigenvalue weighted by atomic mass is 16.5. The van der Waals surface area contributed by atoms with E-state index >= 15 is 0 Å². The van der Waals surface area contributed by atoms with Crippen LogP contribution in [0.1, 0.15) is 52.9 Å². The van der Waals surface area contributed by atoms with Gasteiger partial charge in [0.25, 0.3) is 0 Å². The standard InChI is InChI=1S/C16H28N2O5/c1-11(2)5-4-6-12(3)9-10-23-16(22)18-13(15(20)21)7-8-14(17)19/h5,12-13H,4,6-10H2,1-3H3,(H2,17,19)(H,18,22)(H,20,21)/t12?,13-/m0/s1. The molecule has 0 saturated heterocycles. The van der Waals surface area contributed by atoms with E-state index < -0.39 is 24.0 Å². The van der Waals surface area contributed by atoms with Gasteiger partial charge in [0.1, 0.15) is 6.04 Å². The van der Waals surface area contributed by atoms with Crippen LogP contribution in [0.4, 0.5) is 4.79 Å². The van der Waals surface area contributed by atoms with E-state index in [1.54, 1.807) is 0 Å². The van der Waals surface area contributed by atoms with Gasteiger partial charge in [-0.05, 0) is 45.4 Å². The summed E-state index contributed by atoms with van der Waals surface area (Å²) < 4.78 is 4.98. The summed E-state index contributed by atoms with van der Waals surface area (Å²) in [5.74, 6) is -1.43. The van der Waals surface area contributed by atoms with E-state index in [2.05, 4.69) is 32.2 Å². The van der Waals surface area contributed by atoms with Gasteiger partial charge in [-0.25, -0.2) is 9.59 Å². The molecule has 0 aromatic heterocycles. The predicted molar refractivity (Wildman–Crippen MR) is 86.8 cm³/mol. The molecule has 2 amide bonds. The quantitative estimate of drug-likeness (QED) is 0.502. The molecule has 0 fully saturated rings. The number of aliphatic carboxylic acids is 1. The van der Waals surface area contributed by atoms with E-state index in [1.165, 1.54) is 5.57 Å². The minimum atomic E-state index is -1.22. The van der Waals surface area contributed by atoms with Crippen molar-refractivity contribution in [3.8, 4) is 0 Å². The Bertz CT molecular complexity index is 430. The van der Waals surface area contributed by atoms with Crippen molar-refractivity contribution in [3.05, 3.63) is 11.6 Å². The van der Waals surface area contributed by atoms with Crippen molar-refractivity contribution in [2.24, 2.45) is 11.7 Å². The van der Waals surface area contributed by atoms with Crippen molar-refractivity contribution in [2.75, 3.05) is 6.61 Å².